The van der Waals surface area contributed by atoms with Crippen molar-refractivity contribution in [1.82, 2.24) is 5.32 Å². The van der Waals surface area contributed by atoms with Crippen LogP contribution in [0.1, 0.15) is 26.7 Å². The van der Waals surface area contributed by atoms with Crippen LogP contribution in [0.2, 0.25) is 0 Å². The van der Waals surface area contributed by atoms with Crippen LogP contribution in [0.5, 0.6) is 5.75 Å². The smallest absolute Gasteiger partial charge is 0.240 e. The number of carbonyl (C=O) groups excluding carboxylic acids is 2. The number of rotatable bonds is 7. The number of methoxy groups -OCH3 is 1. The van der Waals surface area contributed by atoms with Crippen molar-refractivity contribution in [3.05, 3.63) is 24.3 Å². The first-order chi connectivity index (χ1) is 11.5. The number of hydrogen-bond acceptors (Lipinski definition) is 5. The second-order valence-electron chi connectivity index (χ2n) is 5.95. The Balaban J connectivity index is 1.83. The Labute approximate surface area is 146 Å². The van der Waals surface area contributed by atoms with Crippen LogP contribution in [0.4, 0.5) is 5.69 Å². The number of aliphatic imine (C=N–C) groups is 1. The molecule has 0 bridgehead atoms. The van der Waals surface area contributed by atoms with Gasteiger partial charge in [-0.25, -0.2) is 0 Å². The van der Waals surface area contributed by atoms with Crippen LogP contribution < -0.4 is 15.4 Å². The third kappa shape index (κ3) is 5.56. The van der Waals surface area contributed by atoms with E-state index in [-0.39, 0.29) is 18.2 Å². The highest BCUT2D eigenvalue weighted by molar-refractivity contribution is 8.15. The second kappa shape index (κ2) is 8.73. The van der Waals surface area contributed by atoms with Crippen molar-refractivity contribution < 1.29 is 14.3 Å². The van der Waals surface area contributed by atoms with Crippen LogP contribution in [0.3, 0.4) is 0 Å². The van der Waals surface area contributed by atoms with Crippen LogP contribution in [0, 0.1) is 5.92 Å². The van der Waals surface area contributed by atoms with Crippen molar-refractivity contribution in [2.75, 3.05) is 19.0 Å². The zero-order valence-corrected chi connectivity index (χ0v) is 15.0. The lowest BCUT2D eigenvalue weighted by Crippen LogP contribution is -2.28. The second-order valence-corrected chi connectivity index (χ2v) is 7.14. The molecule has 1 heterocycles. The molecule has 1 aromatic rings. The molecule has 0 unspecified atom stereocenters. The highest BCUT2D eigenvalue weighted by Gasteiger charge is 2.31. The van der Waals surface area contributed by atoms with E-state index in [1.807, 2.05) is 0 Å². The summed E-state index contributed by atoms with van der Waals surface area (Å²) in [6, 6.07) is 7.06. The number of amides is 2. The van der Waals surface area contributed by atoms with E-state index in [1.165, 1.54) is 11.8 Å². The number of anilines is 1. The molecule has 7 heteroatoms. The largest absolute Gasteiger partial charge is 0.497 e. The molecule has 0 aliphatic carbocycles. The van der Waals surface area contributed by atoms with Crippen LogP contribution in [-0.4, -0.2) is 35.9 Å². The minimum atomic E-state index is -0.430. The summed E-state index contributed by atoms with van der Waals surface area (Å²) in [4.78, 5) is 28.4. The number of thioether (sulfide) groups is 1. The third-order valence-corrected chi connectivity index (χ3v) is 4.60. The minimum Gasteiger partial charge on any atom is -0.497 e. The summed E-state index contributed by atoms with van der Waals surface area (Å²) in [6.07, 6.45) is 1.09. The standard InChI is InChI=1S/C17H23N3O3S/c1-11(2)8-9-18-17-20-16(22)14(24-17)10-15(21)19-12-4-6-13(23-3)7-5-12/h4-7,11,14H,8-10H2,1-3H3,(H,19,21)(H,18,20,22)/t14-/m0/s1. The summed E-state index contributed by atoms with van der Waals surface area (Å²) in [7, 11) is 1.59. The Morgan fingerprint density at radius 2 is 2.08 bits per heavy atom. The maximum atomic E-state index is 12.1. The molecule has 0 saturated carbocycles. The zero-order chi connectivity index (χ0) is 17.5. The molecule has 2 amide bonds. The fraction of sp³-hybridized carbons (Fsp3) is 0.471. The summed E-state index contributed by atoms with van der Waals surface area (Å²) in [5, 5.41) is 5.71. The fourth-order valence-corrected chi connectivity index (χ4v) is 3.09. The molecule has 2 N–H and O–H groups in total. The summed E-state index contributed by atoms with van der Waals surface area (Å²) in [6.45, 7) is 4.95. The lowest BCUT2D eigenvalue weighted by Gasteiger charge is -2.08. The van der Waals surface area contributed by atoms with Crippen molar-refractivity contribution in [2.45, 2.75) is 31.9 Å². The summed E-state index contributed by atoms with van der Waals surface area (Å²) in [5.41, 5.74) is 0.676. The van der Waals surface area contributed by atoms with Crippen LogP contribution >= 0.6 is 11.8 Å². The lowest BCUT2D eigenvalue weighted by molar-refractivity contribution is -0.122. The van der Waals surface area contributed by atoms with E-state index in [1.54, 1.807) is 31.4 Å². The van der Waals surface area contributed by atoms with Gasteiger partial charge in [0.1, 0.15) is 11.0 Å². The van der Waals surface area contributed by atoms with Crippen molar-refractivity contribution >= 4 is 34.4 Å². The van der Waals surface area contributed by atoms with Gasteiger partial charge in [0.2, 0.25) is 11.8 Å². The van der Waals surface area contributed by atoms with Gasteiger partial charge >= 0.3 is 0 Å². The quantitative estimate of drug-likeness (QED) is 0.793. The van der Waals surface area contributed by atoms with E-state index in [2.05, 4.69) is 29.5 Å². The fourth-order valence-electron chi connectivity index (χ4n) is 2.09. The van der Waals surface area contributed by atoms with Crippen LogP contribution in [-0.2, 0) is 9.59 Å². The van der Waals surface area contributed by atoms with Gasteiger partial charge in [0.25, 0.3) is 0 Å². The van der Waals surface area contributed by atoms with Gasteiger partial charge in [-0.15, -0.1) is 0 Å². The highest BCUT2D eigenvalue weighted by atomic mass is 32.2. The first kappa shape index (κ1) is 18.3. The number of hydrogen-bond donors (Lipinski definition) is 2. The molecule has 0 radical (unpaired) electrons. The van der Waals surface area contributed by atoms with Crippen molar-refractivity contribution in [3.63, 3.8) is 0 Å². The maximum Gasteiger partial charge on any atom is 0.240 e. The molecule has 24 heavy (non-hydrogen) atoms. The molecular weight excluding hydrogens is 326 g/mol. The van der Waals surface area contributed by atoms with Crippen molar-refractivity contribution in [2.24, 2.45) is 10.9 Å². The van der Waals surface area contributed by atoms with Gasteiger partial charge < -0.3 is 15.4 Å². The Morgan fingerprint density at radius 3 is 2.71 bits per heavy atom. The monoisotopic (exact) mass is 349 g/mol. The Kier molecular flexibility index (Phi) is 6.66. The Hall–Kier alpha value is -2.02. The van der Waals surface area contributed by atoms with Gasteiger partial charge in [0, 0.05) is 18.7 Å². The first-order valence-corrected chi connectivity index (χ1v) is 8.81. The van der Waals surface area contributed by atoms with E-state index in [4.69, 9.17) is 4.74 Å². The molecule has 0 spiro atoms. The summed E-state index contributed by atoms with van der Waals surface area (Å²) in [5.74, 6) is 0.938. The number of amidine groups is 1. The number of carbonyl (C=O) groups is 2. The average Bonchev–Trinajstić information content (AvgIpc) is 2.87. The average molecular weight is 349 g/mol. The SMILES string of the molecule is COc1ccc(NC(=O)C[C@@H]2SC(=NCCC(C)C)NC2=O)cc1. The number of nitrogens with one attached hydrogen (secondary N) is 2. The van der Waals surface area contributed by atoms with Gasteiger partial charge in [0.15, 0.2) is 5.17 Å². The lowest BCUT2D eigenvalue weighted by atomic mass is 10.1. The molecular formula is C17H23N3O3S. The van der Waals surface area contributed by atoms with Gasteiger partial charge in [-0.3, -0.25) is 14.6 Å². The topological polar surface area (TPSA) is 79.8 Å². The van der Waals surface area contributed by atoms with E-state index in [0.717, 1.165) is 12.2 Å². The third-order valence-electron chi connectivity index (χ3n) is 3.48. The van der Waals surface area contributed by atoms with Gasteiger partial charge in [-0.1, -0.05) is 25.6 Å². The van der Waals surface area contributed by atoms with E-state index in [0.29, 0.717) is 23.3 Å². The van der Waals surface area contributed by atoms with Gasteiger partial charge in [0.05, 0.1) is 7.11 Å². The van der Waals surface area contributed by atoms with Crippen molar-refractivity contribution in [1.29, 1.82) is 0 Å². The van der Waals surface area contributed by atoms with Gasteiger partial charge in [-0.2, -0.15) is 0 Å². The first-order valence-electron chi connectivity index (χ1n) is 7.94. The molecule has 1 saturated heterocycles. The van der Waals surface area contributed by atoms with Crippen LogP contribution in [0.25, 0.3) is 0 Å². The molecule has 1 aromatic carbocycles. The Morgan fingerprint density at radius 1 is 1.38 bits per heavy atom. The molecule has 1 atom stereocenters. The Bertz CT molecular complexity index is 614. The highest BCUT2D eigenvalue weighted by Crippen LogP contribution is 2.23. The van der Waals surface area contributed by atoms with Gasteiger partial charge in [-0.05, 0) is 36.6 Å². The summed E-state index contributed by atoms with van der Waals surface area (Å²) >= 11 is 1.32. The normalized spacial score (nSPS) is 18.8. The minimum absolute atomic E-state index is 0.117. The number of benzene rings is 1. The predicted octanol–water partition coefficient (Wildman–Crippen LogP) is 2.66. The van der Waals surface area contributed by atoms with E-state index in [9.17, 15) is 9.59 Å². The van der Waals surface area contributed by atoms with Crippen molar-refractivity contribution in [3.8, 4) is 5.75 Å². The van der Waals surface area contributed by atoms with E-state index >= 15 is 0 Å². The predicted molar refractivity (Wildman–Crippen MR) is 97.5 cm³/mol. The number of ether oxygens (including phenoxy) is 1. The van der Waals surface area contributed by atoms with E-state index < -0.39 is 5.25 Å². The zero-order valence-electron chi connectivity index (χ0n) is 14.2. The molecule has 0 aromatic heterocycles. The molecule has 2 rings (SSSR count). The molecule has 1 aliphatic rings. The maximum absolute atomic E-state index is 12.1. The summed E-state index contributed by atoms with van der Waals surface area (Å²) < 4.78 is 5.07. The molecule has 1 aliphatic heterocycles. The number of nitrogens with zero attached hydrogens (tertiary/aromatic N) is 1. The molecule has 6 nitrogen and oxygen atoms in total. The molecule has 130 valence electrons. The molecule has 1 fully saturated rings. The van der Waals surface area contributed by atoms with Crippen LogP contribution in [0.15, 0.2) is 29.3 Å².